The van der Waals surface area contributed by atoms with Crippen LogP contribution in [0, 0.1) is 5.41 Å². The molecule has 96 valence electrons. The van der Waals surface area contributed by atoms with E-state index in [0.717, 1.165) is 5.52 Å². The van der Waals surface area contributed by atoms with E-state index < -0.39 is 0 Å². The largest absolute Gasteiger partial charge is 0.443 e. The highest BCUT2D eigenvalue weighted by atomic mass is 16.3. The number of nitrogens with zero attached hydrogens (tertiary/aromatic N) is 1. The minimum Gasteiger partial charge on any atom is -0.443 e. The smallest absolute Gasteiger partial charge is 0.224 e. The van der Waals surface area contributed by atoms with Crippen LogP contribution in [0.25, 0.3) is 11.1 Å². The third-order valence-corrected chi connectivity index (χ3v) is 2.81. The van der Waals surface area contributed by atoms with Crippen LogP contribution in [0.3, 0.4) is 0 Å². The molecule has 0 saturated carbocycles. The molecule has 0 aliphatic heterocycles. The molecule has 1 amide bonds. The molecule has 0 saturated heterocycles. The predicted octanol–water partition coefficient (Wildman–Crippen LogP) is 2.14. The first-order valence-electron chi connectivity index (χ1n) is 5.83. The highest BCUT2D eigenvalue weighted by molar-refractivity contribution is 5.93. The van der Waals surface area contributed by atoms with Crippen molar-refractivity contribution in [1.82, 2.24) is 4.98 Å². The highest BCUT2D eigenvalue weighted by Gasteiger charge is 2.20. The number of aromatic nitrogens is 1. The molecule has 1 aromatic carbocycles. The summed E-state index contributed by atoms with van der Waals surface area (Å²) in [6.45, 7) is 4.40. The number of nitrogens with two attached hydrogens (primary N) is 1. The summed E-state index contributed by atoms with van der Waals surface area (Å²) in [7, 11) is 0. The molecule has 0 radical (unpaired) electrons. The number of anilines is 1. The lowest BCUT2D eigenvalue weighted by Crippen LogP contribution is -2.29. The molecule has 0 unspecified atom stereocenters. The maximum Gasteiger partial charge on any atom is 0.224 e. The average molecular weight is 247 g/mol. The van der Waals surface area contributed by atoms with Gasteiger partial charge in [-0.25, -0.2) is 4.98 Å². The van der Waals surface area contributed by atoms with E-state index in [4.69, 9.17) is 10.2 Å². The molecule has 18 heavy (non-hydrogen) atoms. The molecule has 0 bridgehead atoms. The van der Waals surface area contributed by atoms with Crippen LogP contribution >= 0.6 is 0 Å². The first kappa shape index (κ1) is 12.6. The lowest BCUT2D eigenvalue weighted by molar-refractivity contribution is -0.117. The normalized spacial score (nSPS) is 11.7. The second-order valence-corrected chi connectivity index (χ2v) is 5.13. The van der Waals surface area contributed by atoms with E-state index in [2.05, 4.69) is 10.3 Å². The minimum atomic E-state index is -0.194. The Labute approximate surface area is 105 Å². The summed E-state index contributed by atoms with van der Waals surface area (Å²) in [5.74, 6) is -0.0516. The third-order valence-electron chi connectivity index (χ3n) is 2.81. The minimum absolute atomic E-state index is 0.0516. The summed E-state index contributed by atoms with van der Waals surface area (Å²) >= 11 is 0. The molecule has 1 heterocycles. The van der Waals surface area contributed by atoms with Gasteiger partial charge in [-0.15, -0.1) is 0 Å². The lowest BCUT2D eigenvalue weighted by atomic mass is 9.89. The van der Waals surface area contributed by atoms with E-state index in [1.54, 1.807) is 12.1 Å². The molecule has 0 spiro atoms. The fourth-order valence-electron chi connectivity index (χ4n) is 1.64. The number of fused-ring (bicyclic) bond motifs is 1. The zero-order valence-corrected chi connectivity index (χ0v) is 10.6. The Morgan fingerprint density at radius 1 is 1.50 bits per heavy atom. The van der Waals surface area contributed by atoms with Crippen molar-refractivity contribution in [3.05, 3.63) is 24.6 Å². The zero-order chi connectivity index (χ0) is 13.2. The number of hydrogen-bond donors (Lipinski definition) is 2. The van der Waals surface area contributed by atoms with Gasteiger partial charge in [-0.1, -0.05) is 13.8 Å². The second kappa shape index (κ2) is 4.78. The van der Waals surface area contributed by atoms with Crippen LogP contribution in [0.4, 0.5) is 5.69 Å². The van der Waals surface area contributed by atoms with Gasteiger partial charge in [0.15, 0.2) is 12.0 Å². The maximum absolute atomic E-state index is 11.8. The van der Waals surface area contributed by atoms with Gasteiger partial charge in [-0.05, 0) is 24.1 Å². The van der Waals surface area contributed by atoms with Gasteiger partial charge in [0.2, 0.25) is 5.91 Å². The van der Waals surface area contributed by atoms with Crippen LogP contribution < -0.4 is 11.1 Å². The van der Waals surface area contributed by atoms with E-state index in [0.29, 0.717) is 24.2 Å². The van der Waals surface area contributed by atoms with Crippen LogP contribution in [-0.2, 0) is 4.79 Å². The van der Waals surface area contributed by atoms with Crippen molar-refractivity contribution in [3.63, 3.8) is 0 Å². The standard InChI is InChI=1S/C13H17N3O2/c1-13(2,7-14)6-12(17)16-9-3-4-10-11(5-9)18-8-15-10/h3-5,8H,6-7,14H2,1-2H3,(H,16,17). The van der Waals surface area contributed by atoms with Crippen LogP contribution in [0.15, 0.2) is 29.0 Å². The topological polar surface area (TPSA) is 81.2 Å². The SMILES string of the molecule is CC(C)(CN)CC(=O)Nc1ccc2ncoc2c1. The van der Waals surface area contributed by atoms with E-state index in [1.807, 2.05) is 19.9 Å². The summed E-state index contributed by atoms with van der Waals surface area (Å²) in [6.07, 6.45) is 1.77. The molecule has 0 fully saturated rings. The van der Waals surface area contributed by atoms with Gasteiger partial charge in [0.1, 0.15) is 5.52 Å². The molecule has 0 atom stereocenters. The first-order chi connectivity index (χ1) is 8.50. The Morgan fingerprint density at radius 2 is 2.28 bits per heavy atom. The Morgan fingerprint density at radius 3 is 3.00 bits per heavy atom. The Balaban J connectivity index is 2.06. The third kappa shape index (κ3) is 2.87. The average Bonchev–Trinajstić information content (AvgIpc) is 2.75. The molecule has 3 N–H and O–H groups in total. The number of hydrogen-bond acceptors (Lipinski definition) is 4. The van der Waals surface area contributed by atoms with Crippen molar-refractivity contribution in [1.29, 1.82) is 0 Å². The lowest BCUT2D eigenvalue weighted by Gasteiger charge is -2.21. The van der Waals surface area contributed by atoms with Crippen LogP contribution in [0.5, 0.6) is 0 Å². The zero-order valence-electron chi connectivity index (χ0n) is 10.6. The highest BCUT2D eigenvalue weighted by Crippen LogP contribution is 2.21. The van der Waals surface area contributed by atoms with Crippen LogP contribution in [0.1, 0.15) is 20.3 Å². The summed E-state index contributed by atoms with van der Waals surface area (Å²) in [5.41, 5.74) is 7.55. The Bertz CT molecular complexity index is 560. The molecule has 1 aromatic heterocycles. The van der Waals surface area contributed by atoms with Gasteiger partial charge in [-0.3, -0.25) is 4.79 Å². The fourth-order valence-corrected chi connectivity index (χ4v) is 1.64. The van der Waals surface area contributed by atoms with E-state index in [9.17, 15) is 4.79 Å². The molecular weight excluding hydrogens is 230 g/mol. The van der Waals surface area contributed by atoms with Crippen molar-refractivity contribution in [2.24, 2.45) is 11.1 Å². The van der Waals surface area contributed by atoms with Gasteiger partial charge in [0, 0.05) is 18.2 Å². The quantitative estimate of drug-likeness (QED) is 0.867. The number of oxazole rings is 1. The van der Waals surface area contributed by atoms with E-state index in [-0.39, 0.29) is 11.3 Å². The monoisotopic (exact) mass is 247 g/mol. The molecule has 0 aliphatic carbocycles. The molecule has 5 nitrogen and oxygen atoms in total. The molecule has 2 rings (SSSR count). The number of carbonyl (C=O) groups excluding carboxylic acids is 1. The van der Waals surface area contributed by atoms with Crippen molar-refractivity contribution < 1.29 is 9.21 Å². The number of benzene rings is 1. The van der Waals surface area contributed by atoms with Gasteiger partial charge in [0.25, 0.3) is 0 Å². The molecule has 5 heteroatoms. The fraction of sp³-hybridized carbons (Fsp3) is 0.385. The van der Waals surface area contributed by atoms with Crippen molar-refractivity contribution >= 4 is 22.7 Å². The summed E-state index contributed by atoms with van der Waals surface area (Å²) in [5, 5.41) is 2.83. The number of carbonyl (C=O) groups is 1. The van der Waals surface area contributed by atoms with E-state index >= 15 is 0 Å². The van der Waals surface area contributed by atoms with Crippen molar-refractivity contribution in [2.45, 2.75) is 20.3 Å². The van der Waals surface area contributed by atoms with Crippen molar-refractivity contribution in [2.75, 3.05) is 11.9 Å². The molecular formula is C13H17N3O2. The number of amides is 1. The summed E-state index contributed by atoms with van der Waals surface area (Å²) < 4.78 is 5.18. The Hall–Kier alpha value is -1.88. The van der Waals surface area contributed by atoms with Crippen LogP contribution in [-0.4, -0.2) is 17.4 Å². The van der Waals surface area contributed by atoms with E-state index in [1.165, 1.54) is 6.39 Å². The predicted molar refractivity (Wildman–Crippen MR) is 70.1 cm³/mol. The van der Waals surface area contributed by atoms with Gasteiger partial charge >= 0.3 is 0 Å². The number of nitrogens with one attached hydrogen (secondary N) is 1. The first-order valence-corrected chi connectivity index (χ1v) is 5.83. The Kier molecular flexibility index (Phi) is 3.34. The summed E-state index contributed by atoms with van der Waals surface area (Å²) in [4.78, 5) is 15.9. The molecule has 2 aromatic rings. The second-order valence-electron chi connectivity index (χ2n) is 5.13. The number of rotatable bonds is 4. The van der Waals surface area contributed by atoms with Gasteiger partial charge in [0.05, 0.1) is 0 Å². The van der Waals surface area contributed by atoms with Crippen molar-refractivity contribution in [3.8, 4) is 0 Å². The van der Waals surface area contributed by atoms with Gasteiger partial charge < -0.3 is 15.5 Å². The molecule has 0 aliphatic rings. The maximum atomic E-state index is 11.8. The van der Waals surface area contributed by atoms with Gasteiger partial charge in [-0.2, -0.15) is 0 Å². The summed E-state index contributed by atoms with van der Waals surface area (Å²) in [6, 6.07) is 5.37. The van der Waals surface area contributed by atoms with Crippen LogP contribution in [0.2, 0.25) is 0 Å².